The smallest absolute Gasteiger partial charge is 0.133 e. The Balaban J connectivity index is 2.20. The van der Waals surface area contributed by atoms with Gasteiger partial charge in [0.2, 0.25) is 0 Å². The summed E-state index contributed by atoms with van der Waals surface area (Å²) in [5, 5.41) is 0.0875. The molecule has 19 heavy (non-hydrogen) atoms. The molecule has 0 radical (unpaired) electrons. The Morgan fingerprint density at radius 1 is 1.47 bits per heavy atom. The number of rotatable bonds is 4. The van der Waals surface area contributed by atoms with Crippen LogP contribution in [0.5, 0.6) is 5.75 Å². The second-order valence-electron chi connectivity index (χ2n) is 6.01. The van der Waals surface area contributed by atoms with Gasteiger partial charge in [-0.25, -0.2) is 0 Å². The first-order chi connectivity index (χ1) is 8.95. The quantitative estimate of drug-likeness (QED) is 0.612. The lowest BCUT2D eigenvalue weighted by Crippen LogP contribution is -2.21. The third kappa shape index (κ3) is 3.28. The first kappa shape index (κ1) is 15.2. The monoisotopic (exact) mass is 344 g/mol. The lowest BCUT2D eigenvalue weighted by Gasteiger charge is -2.31. The normalized spacial score (nSPS) is 23.3. The molecule has 1 fully saturated rings. The minimum Gasteiger partial charge on any atom is -0.493 e. The van der Waals surface area contributed by atoms with Crippen LogP contribution in [-0.4, -0.2) is 6.61 Å². The Morgan fingerprint density at radius 3 is 2.74 bits per heavy atom. The molecule has 0 spiro atoms. The molecule has 1 nitrogen and oxygen atoms in total. The number of halogens is 2. The fraction of sp³-hybridized carbons (Fsp3) is 0.625. The van der Waals surface area contributed by atoms with Gasteiger partial charge in [-0.3, -0.25) is 0 Å². The van der Waals surface area contributed by atoms with E-state index in [-0.39, 0.29) is 5.38 Å². The Hall–Kier alpha value is -0.210. The minimum atomic E-state index is 0.0875. The van der Waals surface area contributed by atoms with Crippen molar-refractivity contribution in [3.05, 3.63) is 28.2 Å². The molecule has 1 saturated carbocycles. The molecule has 0 saturated heterocycles. The van der Waals surface area contributed by atoms with E-state index in [4.69, 9.17) is 16.3 Å². The molecule has 0 bridgehead atoms. The van der Waals surface area contributed by atoms with Crippen LogP contribution in [0.3, 0.4) is 0 Å². The zero-order valence-electron chi connectivity index (χ0n) is 11.9. The fourth-order valence-corrected chi connectivity index (χ4v) is 4.20. The first-order valence-corrected chi connectivity index (χ1v) is 8.25. The molecule has 1 aliphatic rings. The van der Waals surface area contributed by atoms with E-state index < -0.39 is 0 Å². The van der Waals surface area contributed by atoms with E-state index in [0.717, 1.165) is 10.2 Å². The lowest BCUT2D eigenvalue weighted by molar-refractivity contribution is 0.252. The zero-order valence-corrected chi connectivity index (χ0v) is 14.2. The van der Waals surface area contributed by atoms with Gasteiger partial charge in [0.15, 0.2) is 0 Å². The van der Waals surface area contributed by atoms with Crippen molar-refractivity contribution in [3.8, 4) is 5.75 Å². The highest BCUT2D eigenvalue weighted by Crippen LogP contribution is 2.51. The van der Waals surface area contributed by atoms with Crippen LogP contribution in [0.25, 0.3) is 0 Å². The predicted molar refractivity (Wildman–Crippen MR) is 85.0 cm³/mol. The molecule has 0 aromatic heterocycles. The first-order valence-electron chi connectivity index (χ1n) is 7.02. The van der Waals surface area contributed by atoms with Gasteiger partial charge in [-0.1, -0.05) is 26.3 Å². The molecule has 0 amide bonds. The SMILES string of the molecule is CCOc1ccc(C(Cl)C2CCCC2(C)C)cc1Br. The van der Waals surface area contributed by atoms with Crippen LogP contribution < -0.4 is 4.74 Å². The van der Waals surface area contributed by atoms with E-state index in [1.807, 2.05) is 13.0 Å². The number of hydrogen-bond donors (Lipinski definition) is 0. The van der Waals surface area contributed by atoms with Crippen molar-refractivity contribution in [1.29, 1.82) is 0 Å². The molecule has 1 aromatic rings. The highest BCUT2D eigenvalue weighted by molar-refractivity contribution is 9.10. The number of ether oxygens (including phenoxy) is 1. The van der Waals surface area contributed by atoms with Gasteiger partial charge in [-0.05, 0) is 64.7 Å². The molecule has 2 atom stereocenters. The molecule has 0 heterocycles. The van der Waals surface area contributed by atoms with Crippen LogP contribution in [0.15, 0.2) is 22.7 Å². The van der Waals surface area contributed by atoms with Crippen LogP contribution in [0.4, 0.5) is 0 Å². The topological polar surface area (TPSA) is 9.23 Å². The Morgan fingerprint density at radius 2 is 2.21 bits per heavy atom. The number of hydrogen-bond acceptors (Lipinski definition) is 1. The zero-order chi connectivity index (χ0) is 14.0. The van der Waals surface area contributed by atoms with Crippen LogP contribution in [0.1, 0.15) is 51.0 Å². The van der Waals surface area contributed by atoms with E-state index in [1.54, 1.807) is 0 Å². The van der Waals surface area contributed by atoms with E-state index in [0.29, 0.717) is 17.9 Å². The highest BCUT2D eigenvalue weighted by Gasteiger charge is 2.39. The average molecular weight is 346 g/mol. The van der Waals surface area contributed by atoms with E-state index in [9.17, 15) is 0 Å². The molecule has 2 unspecified atom stereocenters. The van der Waals surface area contributed by atoms with Crippen molar-refractivity contribution in [2.24, 2.45) is 11.3 Å². The molecule has 1 aromatic carbocycles. The van der Waals surface area contributed by atoms with E-state index >= 15 is 0 Å². The van der Waals surface area contributed by atoms with E-state index in [2.05, 4.69) is 41.9 Å². The average Bonchev–Trinajstić information content (AvgIpc) is 2.71. The lowest BCUT2D eigenvalue weighted by atomic mass is 9.78. The molecule has 3 heteroatoms. The highest BCUT2D eigenvalue weighted by atomic mass is 79.9. The third-order valence-electron chi connectivity index (χ3n) is 4.27. The summed E-state index contributed by atoms with van der Waals surface area (Å²) < 4.78 is 6.54. The Kier molecular flexibility index (Phi) is 4.84. The summed E-state index contributed by atoms with van der Waals surface area (Å²) in [7, 11) is 0. The molecule has 0 aliphatic heterocycles. The molecular formula is C16H22BrClO. The van der Waals surface area contributed by atoms with Crippen molar-refractivity contribution in [1.82, 2.24) is 0 Å². The second-order valence-corrected chi connectivity index (χ2v) is 7.34. The van der Waals surface area contributed by atoms with Crippen molar-refractivity contribution in [3.63, 3.8) is 0 Å². The van der Waals surface area contributed by atoms with Gasteiger partial charge in [0.1, 0.15) is 5.75 Å². The summed E-state index contributed by atoms with van der Waals surface area (Å²) in [5.74, 6) is 1.44. The third-order valence-corrected chi connectivity index (χ3v) is 5.44. The number of benzene rings is 1. The summed E-state index contributed by atoms with van der Waals surface area (Å²) in [6, 6.07) is 6.22. The fourth-order valence-electron chi connectivity index (χ4n) is 3.09. The Bertz CT molecular complexity index is 444. The standard InChI is InChI=1S/C16H22BrClO/c1-4-19-14-8-7-11(10-13(14)17)15(18)12-6-5-9-16(12,2)3/h7-8,10,12,15H,4-6,9H2,1-3H3. The summed E-state index contributed by atoms with van der Waals surface area (Å²) in [6.45, 7) is 7.34. The maximum absolute atomic E-state index is 6.74. The largest absolute Gasteiger partial charge is 0.493 e. The van der Waals surface area contributed by atoms with Crippen molar-refractivity contribution in [2.45, 2.75) is 45.4 Å². The molecule has 1 aliphatic carbocycles. The van der Waals surface area contributed by atoms with Crippen LogP contribution in [0, 0.1) is 11.3 Å². The van der Waals surface area contributed by atoms with Crippen molar-refractivity contribution < 1.29 is 4.74 Å². The van der Waals surface area contributed by atoms with E-state index in [1.165, 1.54) is 24.8 Å². The van der Waals surface area contributed by atoms with Gasteiger partial charge < -0.3 is 4.74 Å². The van der Waals surface area contributed by atoms with Gasteiger partial charge in [0.05, 0.1) is 16.5 Å². The van der Waals surface area contributed by atoms with Gasteiger partial charge in [-0.15, -0.1) is 11.6 Å². The number of alkyl halides is 1. The van der Waals surface area contributed by atoms with Gasteiger partial charge in [0, 0.05) is 0 Å². The van der Waals surface area contributed by atoms with Crippen LogP contribution in [-0.2, 0) is 0 Å². The van der Waals surface area contributed by atoms with Gasteiger partial charge in [0.25, 0.3) is 0 Å². The Labute approximate surface area is 129 Å². The summed E-state index contributed by atoms with van der Waals surface area (Å²) in [6.07, 6.45) is 3.80. The van der Waals surface area contributed by atoms with Crippen molar-refractivity contribution >= 4 is 27.5 Å². The summed E-state index contributed by atoms with van der Waals surface area (Å²) >= 11 is 10.3. The molecule has 106 valence electrons. The molecular weight excluding hydrogens is 324 g/mol. The van der Waals surface area contributed by atoms with Crippen LogP contribution in [0.2, 0.25) is 0 Å². The van der Waals surface area contributed by atoms with Gasteiger partial charge >= 0.3 is 0 Å². The molecule has 0 N–H and O–H groups in total. The minimum absolute atomic E-state index is 0.0875. The summed E-state index contributed by atoms with van der Waals surface area (Å²) in [4.78, 5) is 0. The maximum atomic E-state index is 6.74. The second kappa shape index (κ2) is 6.05. The van der Waals surface area contributed by atoms with Crippen LogP contribution >= 0.6 is 27.5 Å². The van der Waals surface area contributed by atoms with Crippen molar-refractivity contribution in [2.75, 3.05) is 6.61 Å². The predicted octanol–water partition coefficient (Wildman–Crippen LogP) is 5.95. The molecule has 2 rings (SSSR count). The maximum Gasteiger partial charge on any atom is 0.133 e. The summed E-state index contributed by atoms with van der Waals surface area (Å²) in [5.41, 5.74) is 1.54. The van der Waals surface area contributed by atoms with Gasteiger partial charge in [-0.2, -0.15) is 0 Å².